The fourth-order valence-electron chi connectivity index (χ4n) is 3.01. The lowest BCUT2D eigenvalue weighted by molar-refractivity contribution is -0.936. The van der Waals surface area contributed by atoms with Gasteiger partial charge in [-0.2, -0.15) is 0 Å². The van der Waals surface area contributed by atoms with Crippen LogP contribution >= 0.6 is 11.6 Å². The van der Waals surface area contributed by atoms with Crippen LogP contribution in [0.4, 0.5) is 0 Å². The third kappa shape index (κ3) is 1.51. The zero-order valence-electron chi connectivity index (χ0n) is 10.5. The van der Waals surface area contributed by atoms with Gasteiger partial charge in [-0.1, -0.05) is 11.6 Å². The maximum Gasteiger partial charge on any atom is 0.133 e. The van der Waals surface area contributed by atoms with Crippen LogP contribution in [0.1, 0.15) is 27.2 Å². The molecule has 2 rings (SSSR count). The second kappa shape index (κ2) is 3.78. The van der Waals surface area contributed by atoms with Crippen LogP contribution < -0.4 is 0 Å². The molecule has 1 fully saturated rings. The Morgan fingerprint density at radius 2 is 2.12 bits per heavy atom. The number of likely N-dealkylation sites (N-methyl/N-ethyl adjacent to an activating group) is 1. The van der Waals surface area contributed by atoms with Crippen LogP contribution in [-0.2, 0) is 0 Å². The Morgan fingerprint density at radius 3 is 2.69 bits per heavy atom. The standard InChI is InChI=1S/C13H20ClNO/c1-8(2)15(4)6-5-10-11(15)7-9(3)13(16)12(10)14/h7-8,10-11H,5-6H2,1-4H3/p+1. The first-order chi connectivity index (χ1) is 7.38. The molecule has 2 aliphatic rings. The molecule has 3 unspecified atom stereocenters. The quantitative estimate of drug-likeness (QED) is 0.701. The maximum absolute atomic E-state index is 9.87. The predicted octanol–water partition coefficient (Wildman–Crippen LogP) is 3.20. The molecule has 0 aromatic rings. The van der Waals surface area contributed by atoms with Gasteiger partial charge in [0.2, 0.25) is 0 Å². The van der Waals surface area contributed by atoms with E-state index in [0.29, 0.717) is 28.8 Å². The summed E-state index contributed by atoms with van der Waals surface area (Å²) in [6.45, 7) is 7.60. The van der Waals surface area contributed by atoms with Crippen LogP contribution in [0.15, 0.2) is 22.4 Å². The molecule has 0 radical (unpaired) electrons. The fraction of sp³-hybridized carbons (Fsp3) is 0.692. The number of aliphatic hydroxyl groups is 1. The van der Waals surface area contributed by atoms with E-state index in [9.17, 15) is 5.11 Å². The van der Waals surface area contributed by atoms with Crippen molar-refractivity contribution >= 4 is 11.6 Å². The van der Waals surface area contributed by atoms with Crippen molar-refractivity contribution in [3.8, 4) is 0 Å². The molecule has 1 saturated heterocycles. The molecule has 1 aliphatic heterocycles. The maximum atomic E-state index is 9.87. The molecule has 0 amide bonds. The Hall–Kier alpha value is -0.470. The van der Waals surface area contributed by atoms with E-state index in [1.165, 1.54) is 0 Å². The zero-order chi connectivity index (χ0) is 12.1. The number of quaternary nitrogens is 1. The Kier molecular flexibility index (Phi) is 2.83. The van der Waals surface area contributed by atoms with E-state index in [1.807, 2.05) is 6.92 Å². The lowest BCUT2D eigenvalue weighted by Crippen LogP contribution is -2.54. The Balaban J connectivity index is 2.41. The van der Waals surface area contributed by atoms with Crippen molar-refractivity contribution < 1.29 is 9.59 Å². The molecule has 3 heteroatoms. The van der Waals surface area contributed by atoms with Gasteiger partial charge in [-0.25, -0.2) is 0 Å². The number of hydrogen-bond donors (Lipinski definition) is 1. The van der Waals surface area contributed by atoms with E-state index in [-0.39, 0.29) is 0 Å². The lowest BCUT2D eigenvalue weighted by atomic mass is 9.90. The number of halogens is 1. The second-order valence-electron chi connectivity index (χ2n) is 5.60. The van der Waals surface area contributed by atoms with E-state index >= 15 is 0 Å². The monoisotopic (exact) mass is 242 g/mol. The van der Waals surface area contributed by atoms with Crippen LogP contribution in [0.25, 0.3) is 0 Å². The van der Waals surface area contributed by atoms with Crippen molar-refractivity contribution in [2.24, 2.45) is 5.92 Å². The molecule has 0 saturated carbocycles. The highest BCUT2D eigenvalue weighted by Gasteiger charge is 2.49. The van der Waals surface area contributed by atoms with Gasteiger partial charge in [-0.3, -0.25) is 0 Å². The van der Waals surface area contributed by atoms with Crippen LogP contribution in [0, 0.1) is 5.92 Å². The van der Waals surface area contributed by atoms with Crippen molar-refractivity contribution in [2.75, 3.05) is 13.6 Å². The zero-order valence-corrected chi connectivity index (χ0v) is 11.3. The Morgan fingerprint density at radius 1 is 1.50 bits per heavy atom. The molecule has 16 heavy (non-hydrogen) atoms. The van der Waals surface area contributed by atoms with Crippen LogP contribution in [0.5, 0.6) is 0 Å². The second-order valence-corrected chi connectivity index (χ2v) is 6.00. The number of likely N-dealkylation sites (tertiary alicyclic amines) is 1. The first-order valence-corrected chi connectivity index (χ1v) is 6.38. The number of nitrogens with zero attached hydrogens (tertiary/aromatic N) is 1. The smallest absolute Gasteiger partial charge is 0.133 e. The first kappa shape index (κ1) is 12.0. The van der Waals surface area contributed by atoms with Crippen molar-refractivity contribution in [3.63, 3.8) is 0 Å². The van der Waals surface area contributed by atoms with E-state index in [2.05, 4.69) is 27.0 Å². The Labute approximate surface area is 103 Å². The van der Waals surface area contributed by atoms with Crippen LogP contribution in [0.3, 0.4) is 0 Å². The van der Waals surface area contributed by atoms with Gasteiger partial charge in [0.1, 0.15) is 11.8 Å². The molecule has 1 aliphatic carbocycles. The minimum absolute atomic E-state index is 0.306. The molecule has 1 heterocycles. The van der Waals surface area contributed by atoms with Gasteiger partial charge in [0.25, 0.3) is 0 Å². The molecule has 2 nitrogen and oxygen atoms in total. The minimum atomic E-state index is 0.306. The molecular formula is C13H21ClNO+. The average molecular weight is 243 g/mol. The van der Waals surface area contributed by atoms with Crippen molar-refractivity contribution in [3.05, 3.63) is 22.4 Å². The number of allylic oxidation sites excluding steroid dienone is 1. The summed E-state index contributed by atoms with van der Waals surface area (Å²) in [6, 6.07) is 1.02. The van der Waals surface area contributed by atoms with E-state index in [1.54, 1.807) is 0 Å². The number of rotatable bonds is 1. The summed E-state index contributed by atoms with van der Waals surface area (Å²) in [5, 5.41) is 10.5. The number of fused-ring (bicyclic) bond motifs is 1. The third-order valence-corrected chi connectivity index (χ3v) is 5.00. The summed E-state index contributed by atoms with van der Waals surface area (Å²) in [4.78, 5) is 0. The highest BCUT2D eigenvalue weighted by molar-refractivity contribution is 6.30. The van der Waals surface area contributed by atoms with Crippen molar-refractivity contribution in [1.29, 1.82) is 0 Å². The van der Waals surface area contributed by atoms with Crippen molar-refractivity contribution in [2.45, 2.75) is 39.3 Å². The van der Waals surface area contributed by atoms with Crippen molar-refractivity contribution in [1.82, 2.24) is 0 Å². The van der Waals surface area contributed by atoms with Crippen LogP contribution in [0.2, 0.25) is 0 Å². The predicted molar refractivity (Wildman–Crippen MR) is 67.3 cm³/mol. The summed E-state index contributed by atoms with van der Waals surface area (Å²) in [5.41, 5.74) is 0.929. The van der Waals surface area contributed by atoms with Crippen LogP contribution in [-0.4, -0.2) is 35.3 Å². The molecule has 0 spiro atoms. The fourth-order valence-corrected chi connectivity index (χ4v) is 3.40. The van der Waals surface area contributed by atoms with E-state index in [4.69, 9.17) is 11.6 Å². The molecule has 0 bridgehead atoms. The molecular weight excluding hydrogens is 222 g/mol. The molecule has 90 valence electrons. The number of aliphatic hydroxyl groups excluding tert-OH is 1. The van der Waals surface area contributed by atoms with Gasteiger partial charge < -0.3 is 9.59 Å². The minimum Gasteiger partial charge on any atom is -0.506 e. The summed E-state index contributed by atoms with van der Waals surface area (Å²) in [6.07, 6.45) is 3.28. The van der Waals surface area contributed by atoms with Gasteiger partial charge in [0.05, 0.1) is 30.6 Å². The molecule has 3 atom stereocenters. The van der Waals surface area contributed by atoms with Gasteiger partial charge >= 0.3 is 0 Å². The Bertz CT molecular complexity index is 372. The van der Waals surface area contributed by atoms with Gasteiger partial charge in [-0.15, -0.1) is 0 Å². The largest absolute Gasteiger partial charge is 0.506 e. The molecule has 0 aromatic carbocycles. The van der Waals surface area contributed by atoms with E-state index < -0.39 is 0 Å². The van der Waals surface area contributed by atoms with Gasteiger partial charge in [-0.05, 0) is 32.4 Å². The first-order valence-electron chi connectivity index (χ1n) is 6.00. The van der Waals surface area contributed by atoms with Gasteiger partial charge in [0, 0.05) is 6.42 Å². The number of hydrogen-bond acceptors (Lipinski definition) is 1. The third-order valence-electron chi connectivity index (χ3n) is 4.54. The molecule has 0 aromatic heterocycles. The van der Waals surface area contributed by atoms with E-state index in [0.717, 1.165) is 23.0 Å². The molecule has 1 N–H and O–H groups in total. The topological polar surface area (TPSA) is 20.2 Å². The highest BCUT2D eigenvalue weighted by Crippen LogP contribution is 2.44. The highest BCUT2D eigenvalue weighted by atomic mass is 35.5. The summed E-state index contributed by atoms with van der Waals surface area (Å²) in [5.74, 6) is 0.623. The van der Waals surface area contributed by atoms with Gasteiger partial charge in [0.15, 0.2) is 0 Å². The average Bonchev–Trinajstić information content (AvgIpc) is 2.55. The lowest BCUT2D eigenvalue weighted by Gasteiger charge is -2.41. The normalized spacial score (nSPS) is 39.0. The summed E-state index contributed by atoms with van der Waals surface area (Å²) < 4.78 is 1.03. The summed E-state index contributed by atoms with van der Waals surface area (Å²) >= 11 is 6.27. The summed E-state index contributed by atoms with van der Waals surface area (Å²) in [7, 11) is 2.30. The SMILES string of the molecule is CC1=CC2C(CC[N+]2(C)C(C)C)C(Cl)=C1O.